The third-order valence-corrected chi connectivity index (χ3v) is 2.03. The fourth-order valence-electron chi connectivity index (χ4n) is 1.28. The highest BCUT2D eigenvalue weighted by Gasteiger charge is 2.44. The van der Waals surface area contributed by atoms with Crippen molar-refractivity contribution in [1.29, 1.82) is 0 Å². The molecule has 1 heterocycles. The minimum absolute atomic E-state index is 0.176. The summed E-state index contributed by atoms with van der Waals surface area (Å²) in [6, 6.07) is 1.83. The maximum atomic E-state index is 10.4. The van der Waals surface area contributed by atoms with E-state index in [9.17, 15) is 4.79 Å². The van der Waals surface area contributed by atoms with Crippen LogP contribution in [-0.2, 0) is 4.79 Å². The van der Waals surface area contributed by atoms with Gasteiger partial charge in [0.2, 0.25) is 0 Å². The summed E-state index contributed by atoms with van der Waals surface area (Å²) in [5.41, 5.74) is 0.942. The molecule has 4 heteroatoms. The number of H-pyrrole nitrogens is 1. The van der Waals surface area contributed by atoms with Crippen LogP contribution < -0.4 is 0 Å². The number of aromatic nitrogens is 2. The first kappa shape index (κ1) is 6.39. The van der Waals surface area contributed by atoms with Gasteiger partial charge in [0.25, 0.3) is 0 Å². The number of hydrogen-bond acceptors (Lipinski definition) is 2. The zero-order valence-corrected chi connectivity index (χ0v) is 5.82. The smallest absolute Gasteiger partial charge is 0.307 e. The second kappa shape index (κ2) is 2.08. The lowest BCUT2D eigenvalue weighted by Gasteiger charge is -1.89. The van der Waals surface area contributed by atoms with E-state index in [0.717, 1.165) is 12.1 Å². The van der Waals surface area contributed by atoms with Crippen molar-refractivity contribution in [2.45, 2.75) is 12.3 Å². The van der Waals surface area contributed by atoms with Gasteiger partial charge in [0.1, 0.15) is 0 Å². The number of carboxylic acids is 1. The average Bonchev–Trinajstić information content (AvgIpc) is 2.60. The predicted molar refractivity (Wildman–Crippen MR) is 37.1 cm³/mol. The Kier molecular flexibility index (Phi) is 1.21. The Balaban J connectivity index is 2.08. The van der Waals surface area contributed by atoms with Crippen LogP contribution in [0.1, 0.15) is 18.0 Å². The molecular formula is C7H8N2O2. The summed E-state index contributed by atoms with van der Waals surface area (Å²) >= 11 is 0. The Morgan fingerprint density at radius 2 is 2.64 bits per heavy atom. The van der Waals surface area contributed by atoms with Crippen LogP contribution in [0.4, 0.5) is 0 Å². The monoisotopic (exact) mass is 152 g/mol. The van der Waals surface area contributed by atoms with Crippen LogP contribution in [0.5, 0.6) is 0 Å². The van der Waals surface area contributed by atoms with E-state index in [0.29, 0.717) is 0 Å². The van der Waals surface area contributed by atoms with Crippen molar-refractivity contribution in [3.8, 4) is 0 Å². The second-order valence-electron chi connectivity index (χ2n) is 2.80. The molecule has 1 aliphatic carbocycles. The summed E-state index contributed by atoms with van der Waals surface area (Å²) in [6.07, 6.45) is 2.39. The molecule has 0 bridgehead atoms. The molecule has 2 rings (SSSR count). The number of aromatic amines is 1. The lowest BCUT2D eigenvalue weighted by molar-refractivity contribution is -0.138. The number of carboxylic acid groups (broad SMARTS) is 1. The van der Waals surface area contributed by atoms with Gasteiger partial charge >= 0.3 is 5.97 Å². The number of carbonyl (C=O) groups is 1. The number of nitrogens with zero attached hydrogens (tertiary/aromatic N) is 1. The number of nitrogens with one attached hydrogen (secondary N) is 1. The minimum Gasteiger partial charge on any atom is -0.481 e. The van der Waals surface area contributed by atoms with Gasteiger partial charge < -0.3 is 5.11 Å². The van der Waals surface area contributed by atoms with Crippen LogP contribution in [0.2, 0.25) is 0 Å². The third-order valence-electron chi connectivity index (χ3n) is 2.03. The molecule has 0 amide bonds. The molecule has 0 aromatic carbocycles. The number of aliphatic carboxylic acids is 1. The highest BCUT2D eigenvalue weighted by Crippen LogP contribution is 2.46. The Labute approximate surface area is 63.2 Å². The van der Waals surface area contributed by atoms with E-state index in [4.69, 9.17) is 5.11 Å². The van der Waals surface area contributed by atoms with Crippen LogP contribution in [0.3, 0.4) is 0 Å². The van der Waals surface area contributed by atoms with E-state index in [1.165, 1.54) is 0 Å². The molecule has 11 heavy (non-hydrogen) atoms. The van der Waals surface area contributed by atoms with Gasteiger partial charge in [0.05, 0.1) is 5.92 Å². The normalized spacial score (nSPS) is 28.4. The van der Waals surface area contributed by atoms with Crippen molar-refractivity contribution in [3.05, 3.63) is 18.0 Å². The SMILES string of the molecule is O=C(O)[C@@H]1C[C@@H]1c1ccn[nH]1. The maximum Gasteiger partial charge on any atom is 0.307 e. The summed E-state index contributed by atoms with van der Waals surface area (Å²) in [4.78, 5) is 10.4. The predicted octanol–water partition coefficient (Wildman–Crippen LogP) is 0.598. The standard InChI is InChI=1S/C7H8N2O2/c10-7(11)5-3-4(5)6-1-2-8-9-6/h1-2,4-5H,3H2,(H,8,9)(H,10,11)/t4-,5+/m0/s1. The van der Waals surface area contributed by atoms with E-state index >= 15 is 0 Å². The molecule has 2 N–H and O–H groups in total. The third kappa shape index (κ3) is 1.00. The van der Waals surface area contributed by atoms with Crippen molar-refractivity contribution in [2.75, 3.05) is 0 Å². The van der Waals surface area contributed by atoms with Gasteiger partial charge in [-0.3, -0.25) is 9.89 Å². The van der Waals surface area contributed by atoms with Crippen molar-refractivity contribution in [1.82, 2.24) is 10.2 Å². The minimum atomic E-state index is -0.704. The summed E-state index contributed by atoms with van der Waals surface area (Å²) in [6.45, 7) is 0. The summed E-state index contributed by atoms with van der Waals surface area (Å²) in [5.74, 6) is -0.713. The van der Waals surface area contributed by atoms with Gasteiger partial charge in [-0.05, 0) is 12.5 Å². The quantitative estimate of drug-likeness (QED) is 0.652. The molecule has 1 aromatic heterocycles. The largest absolute Gasteiger partial charge is 0.481 e. The van der Waals surface area contributed by atoms with Crippen molar-refractivity contribution in [3.63, 3.8) is 0 Å². The molecule has 1 aliphatic rings. The molecule has 58 valence electrons. The molecule has 0 radical (unpaired) electrons. The fourth-order valence-corrected chi connectivity index (χ4v) is 1.28. The zero-order valence-electron chi connectivity index (χ0n) is 5.82. The molecule has 0 unspecified atom stereocenters. The molecule has 1 fully saturated rings. The van der Waals surface area contributed by atoms with Crippen molar-refractivity contribution < 1.29 is 9.90 Å². The molecule has 4 nitrogen and oxygen atoms in total. The topological polar surface area (TPSA) is 66.0 Å². The molecule has 0 aliphatic heterocycles. The fraction of sp³-hybridized carbons (Fsp3) is 0.429. The molecule has 1 saturated carbocycles. The Hall–Kier alpha value is -1.32. The van der Waals surface area contributed by atoms with Gasteiger partial charge in [0.15, 0.2) is 0 Å². The lowest BCUT2D eigenvalue weighted by Crippen LogP contribution is -1.98. The van der Waals surface area contributed by atoms with Gasteiger partial charge in [0, 0.05) is 17.8 Å². The van der Waals surface area contributed by atoms with E-state index < -0.39 is 5.97 Å². The van der Waals surface area contributed by atoms with Gasteiger partial charge in [-0.25, -0.2) is 0 Å². The van der Waals surface area contributed by atoms with Crippen LogP contribution in [0, 0.1) is 5.92 Å². The van der Waals surface area contributed by atoms with E-state index in [2.05, 4.69) is 10.2 Å². The first-order valence-corrected chi connectivity index (χ1v) is 3.51. The average molecular weight is 152 g/mol. The number of rotatable bonds is 2. The molecule has 0 saturated heterocycles. The highest BCUT2D eigenvalue weighted by molar-refractivity contribution is 5.74. The zero-order chi connectivity index (χ0) is 7.84. The molecule has 0 spiro atoms. The van der Waals surface area contributed by atoms with Crippen molar-refractivity contribution >= 4 is 5.97 Å². The van der Waals surface area contributed by atoms with E-state index in [1.54, 1.807) is 6.20 Å². The van der Waals surface area contributed by atoms with E-state index in [-0.39, 0.29) is 11.8 Å². The molecule has 2 atom stereocenters. The Morgan fingerprint density at radius 1 is 1.82 bits per heavy atom. The van der Waals surface area contributed by atoms with Gasteiger partial charge in [-0.1, -0.05) is 0 Å². The molecular weight excluding hydrogens is 144 g/mol. The number of hydrogen-bond donors (Lipinski definition) is 2. The van der Waals surface area contributed by atoms with E-state index in [1.807, 2.05) is 6.07 Å². The first-order chi connectivity index (χ1) is 5.29. The van der Waals surface area contributed by atoms with Gasteiger partial charge in [-0.15, -0.1) is 0 Å². The Bertz CT molecular complexity index is 268. The van der Waals surface area contributed by atoms with Gasteiger partial charge in [-0.2, -0.15) is 5.10 Å². The van der Waals surface area contributed by atoms with Crippen LogP contribution in [0.15, 0.2) is 12.3 Å². The first-order valence-electron chi connectivity index (χ1n) is 3.51. The second-order valence-corrected chi connectivity index (χ2v) is 2.80. The van der Waals surface area contributed by atoms with Crippen molar-refractivity contribution in [2.24, 2.45) is 5.92 Å². The summed E-state index contributed by atoms with van der Waals surface area (Å²) in [7, 11) is 0. The summed E-state index contributed by atoms with van der Waals surface area (Å²) < 4.78 is 0. The summed E-state index contributed by atoms with van der Waals surface area (Å²) in [5, 5.41) is 15.1. The van der Waals surface area contributed by atoms with Crippen LogP contribution >= 0.6 is 0 Å². The highest BCUT2D eigenvalue weighted by atomic mass is 16.4. The Morgan fingerprint density at radius 3 is 3.09 bits per heavy atom. The maximum absolute atomic E-state index is 10.4. The van der Waals surface area contributed by atoms with Crippen LogP contribution in [-0.4, -0.2) is 21.3 Å². The van der Waals surface area contributed by atoms with Crippen LogP contribution in [0.25, 0.3) is 0 Å². The lowest BCUT2D eigenvalue weighted by atomic mass is 10.2. The molecule has 1 aromatic rings.